The minimum Gasteiger partial charge on any atom is -0.493 e. The van der Waals surface area contributed by atoms with Crippen LogP contribution in [0.25, 0.3) is 0 Å². The SMILES string of the molecule is COc1cccc(CNn2nnnc2N)c1OCc1ccccc1C. The Kier molecular flexibility index (Phi) is 4.98. The Morgan fingerprint density at radius 1 is 1.12 bits per heavy atom. The molecule has 0 radical (unpaired) electrons. The highest BCUT2D eigenvalue weighted by atomic mass is 16.5. The fourth-order valence-electron chi connectivity index (χ4n) is 2.41. The molecule has 25 heavy (non-hydrogen) atoms. The Hall–Kier alpha value is -3.29. The van der Waals surface area contributed by atoms with Crippen LogP contribution in [0, 0.1) is 6.92 Å². The Labute approximate surface area is 145 Å². The third-order valence-corrected chi connectivity index (χ3v) is 3.83. The molecule has 0 fully saturated rings. The van der Waals surface area contributed by atoms with E-state index in [1.54, 1.807) is 7.11 Å². The van der Waals surface area contributed by atoms with Crippen LogP contribution in [-0.4, -0.2) is 27.4 Å². The molecule has 8 heteroatoms. The van der Waals surface area contributed by atoms with Gasteiger partial charge in [-0.05, 0) is 34.5 Å². The van der Waals surface area contributed by atoms with Gasteiger partial charge < -0.3 is 20.6 Å². The molecular formula is C17H20N6O2. The molecule has 0 bridgehead atoms. The summed E-state index contributed by atoms with van der Waals surface area (Å²) in [6.45, 7) is 2.94. The molecular weight excluding hydrogens is 320 g/mol. The number of hydrogen-bond acceptors (Lipinski definition) is 7. The van der Waals surface area contributed by atoms with Crippen LogP contribution in [0.2, 0.25) is 0 Å². The van der Waals surface area contributed by atoms with Gasteiger partial charge in [-0.2, -0.15) is 0 Å². The van der Waals surface area contributed by atoms with E-state index in [4.69, 9.17) is 15.2 Å². The first-order valence-corrected chi connectivity index (χ1v) is 7.80. The van der Waals surface area contributed by atoms with Crippen LogP contribution in [-0.2, 0) is 13.2 Å². The molecule has 8 nitrogen and oxygen atoms in total. The summed E-state index contributed by atoms with van der Waals surface area (Å²) < 4.78 is 11.5. The molecule has 0 spiro atoms. The largest absolute Gasteiger partial charge is 0.493 e. The third-order valence-electron chi connectivity index (χ3n) is 3.83. The van der Waals surface area contributed by atoms with Crippen LogP contribution in [0.4, 0.5) is 5.95 Å². The number of rotatable bonds is 7. The van der Waals surface area contributed by atoms with E-state index in [0.717, 1.165) is 11.1 Å². The van der Waals surface area contributed by atoms with Gasteiger partial charge in [0, 0.05) is 5.56 Å². The van der Waals surface area contributed by atoms with Gasteiger partial charge in [0.15, 0.2) is 11.5 Å². The molecule has 0 amide bonds. The summed E-state index contributed by atoms with van der Waals surface area (Å²) in [6.07, 6.45) is 0. The van der Waals surface area contributed by atoms with Crippen molar-refractivity contribution in [3.05, 3.63) is 59.2 Å². The zero-order chi connectivity index (χ0) is 17.6. The monoisotopic (exact) mass is 340 g/mol. The first kappa shape index (κ1) is 16.6. The number of nitrogens with one attached hydrogen (secondary N) is 1. The minimum absolute atomic E-state index is 0.185. The van der Waals surface area contributed by atoms with Gasteiger partial charge in [-0.1, -0.05) is 41.5 Å². The van der Waals surface area contributed by atoms with Crippen molar-refractivity contribution >= 4 is 5.95 Å². The van der Waals surface area contributed by atoms with Crippen LogP contribution in [0.5, 0.6) is 11.5 Å². The van der Waals surface area contributed by atoms with Gasteiger partial charge in [0.25, 0.3) is 5.95 Å². The third kappa shape index (κ3) is 3.79. The van der Waals surface area contributed by atoms with Crippen LogP contribution < -0.4 is 20.6 Å². The number of nitrogen functional groups attached to an aromatic ring is 1. The Bertz CT molecular complexity index is 849. The van der Waals surface area contributed by atoms with Crippen LogP contribution in [0.1, 0.15) is 16.7 Å². The number of para-hydroxylation sites is 1. The average Bonchev–Trinajstić information content (AvgIpc) is 3.04. The summed E-state index contributed by atoms with van der Waals surface area (Å²) in [4.78, 5) is 1.31. The van der Waals surface area contributed by atoms with Gasteiger partial charge in [-0.15, -0.1) is 4.79 Å². The van der Waals surface area contributed by atoms with E-state index in [-0.39, 0.29) is 5.95 Å². The Morgan fingerprint density at radius 2 is 1.92 bits per heavy atom. The van der Waals surface area contributed by atoms with Crippen molar-refractivity contribution in [1.82, 2.24) is 20.3 Å². The molecule has 2 aromatic carbocycles. The maximum Gasteiger partial charge on any atom is 0.260 e. The second-order valence-electron chi connectivity index (χ2n) is 5.45. The molecule has 0 saturated carbocycles. The highest BCUT2D eigenvalue weighted by Gasteiger charge is 2.12. The number of methoxy groups -OCH3 is 1. The zero-order valence-electron chi connectivity index (χ0n) is 14.1. The van der Waals surface area contributed by atoms with Gasteiger partial charge >= 0.3 is 0 Å². The standard InChI is InChI=1S/C17H20N6O2/c1-12-6-3-4-7-14(12)11-25-16-13(8-5-9-15(16)24-2)10-19-23-17(18)20-21-22-23/h3-9,19H,10-11H2,1-2H3,(H2,18,20,22). The molecule has 3 N–H and O–H groups in total. The van der Waals surface area contributed by atoms with E-state index < -0.39 is 0 Å². The number of nitrogens with zero attached hydrogens (tertiary/aromatic N) is 4. The quantitative estimate of drug-likeness (QED) is 0.677. The van der Waals surface area contributed by atoms with Gasteiger partial charge in [-0.25, -0.2) is 0 Å². The van der Waals surface area contributed by atoms with E-state index in [0.29, 0.717) is 24.7 Å². The van der Waals surface area contributed by atoms with E-state index in [9.17, 15) is 0 Å². The number of aryl methyl sites for hydroxylation is 1. The molecule has 1 heterocycles. The van der Waals surface area contributed by atoms with Crippen molar-refractivity contribution in [2.45, 2.75) is 20.1 Å². The lowest BCUT2D eigenvalue weighted by atomic mass is 10.1. The highest BCUT2D eigenvalue weighted by Crippen LogP contribution is 2.32. The van der Waals surface area contributed by atoms with Crippen LogP contribution >= 0.6 is 0 Å². The second-order valence-corrected chi connectivity index (χ2v) is 5.45. The highest BCUT2D eigenvalue weighted by molar-refractivity contribution is 5.47. The molecule has 0 atom stereocenters. The fraction of sp³-hybridized carbons (Fsp3) is 0.235. The molecule has 0 aliphatic carbocycles. The number of anilines is 1. The van der Waals surface area contributed by atoms with Crippen molar-refractivity contribution in [3.8, 4) is 11.5 Å². The lowest BCUT2D eigenvalue weighted by Gasteiger charge is -2.16. The molecule has 3 rings (SSSR count). The second kappa shape index (κ2) is 7.52. The maximum absolute atomic E-state index is 6.07. The molecule has 130 valence electrons. The first-order chi connectivity index (χ1) is 12.2. The summed E-state index contributed by atoms with van der Waals surface area (Å²) in [5.74, 6) is 1.52. The summed E-state index contributed by atoms with van der Waals surface area (Å²) in [5.41, 5.74) is 11.9. The lowest BCUT2D eigenvalue weighted by Crippen LogP contribution is -2.19. The molecule has 0 aliphatic heterocycles. The zero-order valence-corrected chi connectivity index (χ0v) is 14.1. The smallest absolute Gasteiger partial charge is 0.260 e. The van der Waals surface area contributed by atoms with Crippen molar-refractivity contribution in [2.24, 2.45) is 0 Å². The van der Waals surface area contributed by atoms with Crippen molar-refractivity contribution in [1.29, 1.82) is 0 Å². The molecule has 1 aromatic heterocycles. The van der Waals surface area contributed by atoms with Crippen molar-refractivity contribution < 1.29 is 9.47 Å². The number of aromatic nitrogens is 4. The Balaban J connectivity index is 1.79. The molecule has 0 unspecified atom stereocenters. The topological polar surface area (TPSA) is 100 Å². The first-order valence-electron chi connectivity index (χ1n) is 7.80. The number of benzene rings is 2. The van der Waals surface area contributed by atoms with E-state index in [1.165, 1.54) is 10.4 Å². The lowest BCUT2D eigenvalue weighted by molar-refractivity contribution is 0.281. The van der Waals surface area contributed by atoms with Crippen molar-refractivity contribution in [3.63, 3.8) is 0 Å². The number of nitrogens with two attached hydrogens (primary N) is 1. The summed E-state index contributed by atoms with van der Waals surface area (Å²) in [5, 5.41) is 10.9. The van der Waals surface area contributed by atoms with E-state index in [1.807, 2.05) is 36.4 Å². The van der Waals surface area contributed by atoms with Crippen LogP contribution in [0.15, 0.2) is 42.5 Å². The van der Waals surface area contributed by atoms with Gasteiger partial charge in [0.2, 0.25) is 0 Å². The van der Waals surface area contributed by atoms with E-state index >= 15 is 0 Å². The molecule has 3 aromatic rings. The number of tetrazole rings is 1. The fourth-order valence-corrected chi connectivity index (χ4v) is 2.41. The van der Waals surface area contributed by atoms with Gasteiger partial charge in [-0.3, -0.25) is 0 Å². The summed E-state index contributed by atoms with van der Waals surface area (Å²) in [6, 6.07) is 13.8. The van der Waals surface area contributed by atoms with Crippen molar-refractivity contribution in [2.75, 3.05) is 18.3 Å². The maximum atomic E-state index is 6.07. The van der Waals surface area contributed by atoms with Gasteiger partial charge in [0.1, 0.15) is 6.61 Å². The molecule has 0 aliphatic rings. The van der Waals surface area contributed by atoms with Crippen LogP contribution in [0.3, 0.4) is 0 Å². The summed E-state index contributed by atoms with van der Waals surface area (Å²) in [7, 11) is 1.62. The Morgan fingerprint density at radius 3 is 2.64 bits per heavy atom. The normalized spacial score (nSPS) is 10.5. The predicted octanol–water partition coefficient (Wildman–Crippen LogP) is 1.90. The summed E-state index contributed by atoms with van der Waals surface area (Å²) >= 11 is 0. The predicted molar refractivity (Wildman–Crippen MR) is 93.8 cm³/mol. The average molecular weight is 340 g/mol. The minimum atomic E-state index is 0.185. The number of hydrogen-bond donors (Lipinski definition) is 2. The number of ether oxygens (including phenoxy) is 2. The molecule has 0 saturated heterocycles. The van der Waals surface area contributed by atoms with E-state index in [2.05, 4.69) is 33.9 Å². The van der Waals surface area contributed by atoms with Gasteiger partial charge in [0.05, 0.1) is 13.7 Å².